The monoisotopic (exact) mass is 238 g/mol. The molecule has 1 aliphatic heterocycles. The molecule has 0 aromatic heterocycles. The van der Waals surface area contributed by atoms with Crippen LogP contribution in [0.25, 0.3) is 0 Å². The van der Waals surface area contributed by atoms with E-state index in [4.69, 9.17) is 9.47 Å². The molecule has 0 aromatic rings. The highest BCUT2D eigenvalue weighted by atomic mass is 16.7. The average molecular weight is 238 g/mol. The Morgan fingerprint density at radius 2 is 2.12 bits per heavy atom. The van der Waals surface area contributed by atoms with Gasteiger partial charge in [0.05, 0.1) is 0 Å². The van der Waals surface area contributed by atoms with Crippen LogP contribution in [0, 0.1) is 11.8 Å². The molecule has 0 radical (unpaired) electrons. The normalized spacial score (nSPS) is 19.4. The molecule has 3 heteroatoms. The van der Waals surface area contributed by atoms with Gasteiger partial charge in [-0.1, -0.05) is 18.8 Å². The molecule has 17 heavy (non-hydrogen) atoms. The zero-order valence-electron chi connectivity index (χ0n) is 10.5. The van der Waals surface area contributed by atoms with E-state index in [1.807, 2.05) is 0 Å². The first-order valence-electron chi connectivity index (χ1n) is 6.58. The van der Waals surface area contributed by atoms with Gasteiger partial charge in [-0.2, -0.15) is 0 Å². The van der Waals surface area contributed by atoms with Crippen molar-refractivity contribution < 1.29 is 14.3 Å². The zero-order valence-corrected chi connectivity index (χ0v) is 10.5. The van der Waals surface area contributed by atoms with Crippen LogP contribution in [0.3, 0.4) is 0 Å². The number of ether oxygens (including phenoxy) is 2. The van der Waals surface area contributed by atoms with E-state index in [1.54, 1.807) is 0 Å². The lowest BCUT2D eigenvalue weighted by Crippen LogP contribution is -2.22. The predicted octanol–water partition coefficient (Wildman–Crippen LogP) is 2.68. The highest BCUT2D eigenvalue weighted by Gasteiger charge is 2.12. The Bertz CT molecular complexity index is 246. The molecule has 1 fully saturated rings. The van der Waals surface area contributed by atoms with Gasteiger partial charge in [0, 0.05) is 19.6 Å². The van der Waals surface area contributed by atoms with Crippen LogP contribution in [0.4, 0.5) is 0 Å². The number of hydrogen-bond donors (Lipinski definition) is 0. The lowest BCUT2D eigenvalue weighted by atomic mass is 10.1. The first-order valence-corrected chi connectivity index (χ1v) is 6.58. The summed E-state index contributed by atoms with van der Waals surface area (Å²) in [6.45, 7) is 1.64. The highest BCUT2D eigenvalue weighted by molar-refractivity contribution is 5.72. The van der Waals surface area contributed by atoms with E-state index in [0.717, 1.165) is 51.7 Å². The third-order valence-electron chi connectivity index (χ3n) is 2.80. The summed E-state index contributed by atoms with van der Waals surface area (Å²) < 4.78 is 11.1. The first kappa shape index (κ1) is 14.2. The van der Waals surface area contributed by atoms with E-state index in [1.165, 1.54) is 12.8 Å². The number of rotatable bonds is 7. The predicted molar refractivity (Wildman–Crippen MR) is 66.5 cm³/mol. The summed E-state index contributed by atoms with van der Waals surface area (Å²) in [7, 11) is 0. The lowest BCUT2D eigenvalue weighted by molar-refractivity contribution is -0.162. The van der Waals surface area contributed by atoms with Gasteiger partial charge < -0.3 is 9.47 Å². The largest absolute Gasteiger partial charge is 0.353 e. The van der Waals surface area contributed by atoms with Crippen LogP contribution in [0.1, 0.15) is 51.4 Å². The molecular formula is C14H22O3. The van der Waals surface area contributed by atoms with Crippen molar-refractivity contribution in [2.45, 2.75) is 57.7 Å². The molecular weight excluding hydrogens is 216 g/mol. The number of hydrogen-bond acceptors (Lipinski definition) is 3. The van der Waals surface area contributed by atoms with Crippen molar-refractivity contribution in [3.8, 4) is 11.8 Å². The molecule has 0 aliphatic carbocycles. The van der Waals surface area contributed by atoms with Crippen molar-refractivity contribution in [2.24, 2.45) is 0 Å². The van der Waals surface area contributed by atoms with E-state index >= 15 is 0 Å². The molecule has 1 heterocycles. The summed E-state index contributed by atoms with van der Waals surface area (Å²) in [6, 6.07) is 0. The van der Waals surface area contributed by atoms with Gasteiger partial charge in [-0.25, -0.2) is 0 Å². The van der Waals surface area contributed by atoms with Crippen molar-refractivity contribution in [1.82, 2.24) is 0 Å². The maximum atomic E-state index is 9.93. The number of carbonyl (C=O) groups excluding carboxylic acids is 1. The summed E-state index contributed by atoms with van der Waals surface area (Å²) in [5.41, 5.74) is 0. The smallest absolute Gasteiger partial charge is 0.192 e. The zero-order chi connectivity index (χ0) is 12.2. The standard InChI is InChI=1S/C14H22O3/c15-11-7-4-2-1-3-5-8-12-16-14-10-6-9-13-17-14/h11,14H,1-3,5-6,8-10,12-13H2. The van der Waals surface area contributed by atoms with Crippen LogP contribution in [0.15, 0.2) is 0 Å². The molecule has 1 saturated heterocycles. The Balaban J connectivity index is 1.82. The highest BCUT2D eigenvalue weighted by Crippen LogP contribution is 2.14. The van der Waals surface area contributed by atoms with Gasteiger partial charge in [-0.3, -0.25) is 4.79 Å². The van der Waals surface area contributed by atoms with Crippen LogP contribution in [0.2, 0.25) is 0 Å². The minimum absolute atomic E-state index is 0.0437. The van der Waals surface area contributed by atoms with Crippen molar-refractivity contribution in [3.05, 3.63) is 0 Å². The maximum absolute atomic E-state index is 9.93. The number of unbranched alkanes of at least 4 members (excludes halogenated alkanes) is 4. The summed E-state index contributed by atoms with van der Waals surface area (Å²) >= 11 is 0. The molecule has 0 bridgehead atoms. The fourth-order valence-corrected chi connectivity index (χ4v) is 1.84. The molecule has 3 nitrogen and oxygen atoms in total. The molecule has 1 rings (SSSR count). The Kier molecular flexibility index (Phi) is 8.62. The maximum Gasteiger partial charge on any atom is 0.192 e. The van der Waals surface area contributed by atoms with Gasteiger partial charge in [0.1, 0.15) is 0 Å². The summed E-state index contributed by atoms with van der Waals surface area (Å²) in [5.74, 6) is 5.23. The average Bonchev–Trinajstić information content (AvgIpc) is 2.38. The van der Waals surface area contributed by atoms with Crippen LogP contribution >= 0.6 is 0 Å². The molecule has 96 valence electrons. The quantitative estimate of drug-likeness (QED) is 0.388. The van der Waals surface area contributed by atoms with E-state index in [0.29, 0.717) is 6.29 Å². The molecule has 1 atom stereocenters. The van der Waals surface area contributed by atoms with Crippen LogP contribution in [0.5, 0.6) is 0 Å². The lowest BCUT2D eigenvalue weighted by Gasteiger charge is -2.22. The minimum atomic E-state index is 0.0437. The Morgan fingerprint density at radius 1 is 1.24 bits per heavy atom. The van der Waals surface area contributed by atoms with E-state index < -0.39 is 0 Å². The van der Waals surface area contributed by atoms with Gasteiger partial charge >= 0.3 is 0 Å². The fourth-order valence-electron chi connectivity index (χ4n) is 1.84. The van der Waals surface area contributed by atoms with Crippen molar-refractivity contribution >= 4 is 6.29 Å². The van der Waals surface area contributed by atoms with E-state index in [9.17, 15) is 4.79 Å². The third kappa shape index (κ3) is 7.95. The Labute approximate surface area is 104 Å². The molecule has 0 amide bonds. The Morgan fingerprint density at radius 3 is 2.88 bits per heavy atom. The number of aldehydes is 1. The number of carbonyl (C=O) groups is 1. The van der Waals surface area contributed by atoms with Crippen LogP contribution < -0.4 is 0 Å². The molecule has 1 aliphatic rings. The van der Waals surface area contributed by atoms with Gasteiger partial charge in [-0.15, -0.1) is 0 Å². The van der Waals surface area contributed by atoms with Crippen molar-refractivity contribution in [3.63, 3.8) is 0 Å². The van der Waals surface area contributed by atoms with E-state index in [2.05, 4.69) is 11.8 Å². The molecule has 0 spiro atoms. The van der Waals surface area contributed by atoms with Gasteiger partial charge in [-0.05, 0) is 38.0 Å². The van der Waals surface area contributed by atoms with Gasteiger partial charge in [0.25, 0.3) is 0 Å². The van der Waals surface area contributed by atoms with Crippen molar-refractivity contribution in [2.75, 3.05) is 13.2 Å². The summed E-state index contributed by atoms with van der Waals surface area (Å²) in [6.07, 6.45) is 9.42. The first-order chi connectivity index (χ1) is 8.43. The SMILES string of the molecule is O=CC#CCCCCCCOC1CCCCO1. The van der Waals surface area contributed by atoms with Gasteiger partial charge in [0.2, 0.25) is 0 Å². The second-order valence-electron chi connectivity index (χ2n) is 4.27. The minimum Gasteiger partial charge on any atom is -0.353 e. The van der Waals surface area contributed by atoms with Crippen LogP contribution in [-0.4, -0.2) is 25.8 Å². The molecule has 0 saturated carbocycles. The van der Waals surface area contributed by atoms with Crippen molar-refractivity contribution in [1.29, 1.82) is 0 Å². The fraction of sp³-hybridized carbons (Fsp3) is 0.786. The summed E-state index contributed by atoms with van der Waals surface area (Å²) in [5, 5.41) is 0. The second kappa shape index (κ2) is 10.3. The molecule has 0 N–H and O–H groups in total. The summed E-state index contributed by atoms with van der Waals surface area (Å²) in [4.78, 5) is 9.93. The van der Waals surface area contributed by atoms with Gasteiger partial charge in [0.15, 0.2) is 12.6 Å². The Hall–Kier alpha value is -0.850. The second-order valence-corrected chi connectivity index (χ2v) is 4.27. The van der Waals surface area contributed by atoms with E-state index in [-0.39, 0.29) is 6.29 Å². The molecule has 0 aromatic carbocycles. The van der Waals surface area contributed by atoms with Crippen LogP contribution in [-0.2, 0) is 14.3 Å². The topological polar surface area (TPSA) is 35.5 Å². The third-order valence-corrected chi connectivity index (χ3v) is 2.80. The molecule has 1 unspecified atom stereocenters.